The lowest BCUT2D eigenvalue weighted by Crippen LogP contribution is -2.30. The number of hydrogen-bond donors (Lipinski definition) is 1. The SMILES string of the molecule is CCOC(=O)CSC1CCC(NC)C1C. The Balaban J connectivity index is 2.25. The van der Waals surface area contributed by atoms with Gasteiger partial charge in [0, 0.05) is 11.3 Å². The molecule has 0 aliphatic heterocycles. The Bertz CT molecular complexity index is 211. The fourth-order valence-corrected chi connectivity index (χ4v) is 3.38. The first kappa shape index (κ1) is 12.8. The first-order chi connectivity index (χ1) is 7.19. The number of esters is 1. The fourth-order valence-electron chi connectivity index (χ4n) is 2.15. The first-order valence-electron chi connectivity index (χ1n) is 5.63. The van der Waals surface area contributed by atoms with Crippen molar-refractivity contribution in [3.8, 4) is 0 Å². The molecular formula is C11H21NO2S. The number of carbonyl (C=O) groups is 1. The summed E-state index contributed by atoms with van der Waals surface area (Å²) >= 11 is 1.74. The van der Waals surface area contributed by atoms with E-state index in [2.05, 4.69) is 12.2 Å². The van der Waals surface area contributed by atoms with Gasteiger partial charge in [-0.1, -0.05) is 6.92 Å². The molecule has 0 amide bonds. The Morgan fingerprint density at radius 1 is 1.53 bits per heavy atom. The van der Waals surface area contributed by atoms with Gasteiger partial charge in [0.2, 0.25) is 0 Å². The van der Waals surface area contributed by atoms with E-state index in [9.17, 15) is 4.79 Å². The number of thioether (sulfide) groups is 1. The molecule has 0 heterocycles. The second-order valence-corrected chi connectivity index (χ2v) is 5.21. The zero-order valence-electron chi connectivity index (χ0n) is 9.79. The molecule has 1 aliphatic rings. The Kier molecular flexibility index (Phi) is 5.47. The molecule has 0 aromatic carbocycles. The third-order valence-electron chi connectivity index (χ3n) is 3.07. The Labute approximate surface area is 96.3 Å². The van der Waals surface area contributed by atoms with Gasteiger partial charge in [-0.05, 0) is 32.7 Å². The van der Waals surface area contributed by atoms with E-state index < -0.39 is 0 Å². The maximum atomic E-state index is 11.2. The van der Waals surface area contributed by atoms with Crippen LogP contribution in [0.3, 0.4) is 0 Å². The molecule has 1 aliphatic carbocycles. The quantitative estimate of drug-likeness (QED) is 0.731. The third kappa shape index (κ3) is 3.68. The summed E-state index contributed by atoms with van der Waals surface area (Å²) in [6, 6.07) is 0.615. The second-order valence-electron chi connectivity index (χ2n) is 3.99. The van der Waals surface area contributed by atoms with Gasteiger partial charge < -0.3 is 10.1 Å². The molecule has 1 saturated carbocycles. The highest BCUT2D eigenvalue weighted by atomic mass is 32.2. The molecule has 0 radical (unpaired) electrons. The van der Waals surface area contributed by atoms with Gasteiger partial charge in [0.15, 0.2) is 0 Å². The lowest BCUT2D eigenvalue weighted by atomic mass is 10.1. The van der Waals surface area contributed by atoms with E-state index in [0.717, 1.165) is 0 Å². The molecule has 4 heteroatoms. The van der Waals surface area contributed by atoms with Gasteiger partial charge in [0.25, 0.3) is 0 Å². The van der Waals surface area contributed by atoms with Crippen molar-refractivity contribution in [1.29, 1.82) is 0 Å². The van der Waals surface area contributed by atoms with Crippen molar-refractivity contribution in [2.75, 3.05) is 19.4 Å². The van der Waals surface area contributed by atoms with Crippen LogP contribution in [0.5, 0.6) is 0 Å². The maximum absolute atomic E-state index is 11.2. The zero-order valence-corrected chi connectivity index (χ0v) is 10.6. The van der Waals surface area contributed by atoms with Crippen LogP contribution in [0.1, 0.15) is 26.7 Å². The third-order valence-corrected chi connectivity index (χ3v) is 4.57. The van der Waals surface area contributed by atoms with Crippen LogP contribution in [-0.4, -0.2) is 36.7 Å². The molecule has 1 fully saturated rings. The standard InChI is InChI=1S/C11H21NO2S/c1-4-14-11(13)7-15-10-6-5-9(12-3)8(10)2/h8-10,12H,4-7H2,1-3H3. The number of carbonyl (C=O) groups excluding carboxylic acids is 1. The van der Waals surface area contributed by atoms with Crippen molar-refractivity contribution in [1.82, 2.24) is 5.32 Å². The Morgan fingerprint density at radius 3 is 2.80 bits per heavy atom. The van der Waals surface area contributed by atoms with Gasteiger partial charge in [-0.25, -0.2) is 0 Å². The largest absolute Gasteiger partial charge is 0.465 e. The van der Waals surface area contributed by atoms with Gasteiger partial charge in [-0.2, -0.15) is 0 Å². The first-order valence-corrected chi connectivity index (χ1v) is 6.68. The van der Waals surface area contributed by atoms with Crippen LogP contribution in [0.2, 0.25) is 0 Å². The molecule has 0 saturated heterocycles. The van der Waals surface area contributed by atoms with Crippen molar-refractivity contribution < 1.29 is 9.53 Å². The van der Waals surface area contributed by atoms with E-state index in [1.54, 1.807) is 11.8 Å². The van der Waals surface area contributed by atoms with Gasteiger partial charge >= 0.3 is 5.97 Å². The van der Waals surface area contributed by atoms with Crippen LogP contribution in [0.4, 0.5) is 0 Å². The monoisotopic (exact) mass is 231 g/mol. The van der Waals surface area contributed by atoms with Crippen LogP contribution < -0.4 is 5.32 Å². The summed E-state index contributed by atoms with van der Waals surface area (Å²) in [6.07, 6.45) is 2.43. The van der Waals surface area contributed by atoms with Gasteiger partial charge in [0.1, 0.15) is 0 Å². The van der Waals surface area contributed by atoms with Crippen molar-refractivity contribution in [2.24, 2.45) is 5.92 Å². The lowest BCUT2D eigenvalue weighted by molar-refractivity contribution is -0.139. The van der Waals surface area contributed by atoms with E-state index in [0.29, 0.717) is 29.6 Å². The van der Waals surface area contributed by atoms with Crippen LogP contribution in [0.15, 0.2) is 0 Å². The van der Waals surface area contributed by atoms with Crippen molar-refractivity contribution in [2.45, 2.75) is 38.0 Å². The Morgan fingerprint density at radius 2 is 2.27 bits per heavy atom. The molecule has 15 heavy (non-hydrogen) atoms. The van der Waals surface area contributed by atoms with E-state index in [1.807, 2.05) is 14.0 Å². The smallest absolute Gasteiger partial charge is 0.315 e. The van der Waals surface area contributed by atoms with E-state index >= 15 is 0 Å². The highest BCUT2D eigenvalue weighted by Crippen LogP contribution is 2.34. The zero-order chi connectivity index (χ0) is 11.3. The summed E-state index contributed by atoms with van der Waals surface area (Å²) < 4.78 is 4.91. The van der Waals surface area contributed by atoms with Crippen LogP contribution in [-0.2, 0) is 9.53 Å². The normalized spacial score (nSPS) is 30.5. The van der Waals surface area contributed by atoms with Crippen molar-refractivity contribution >= 4 is 17.7 Å². The van der Waals surface area contributed by atoms with E-state index in [1.165, 1.54) is 12.8 Å². The maximum Gasteiger partial charge on any atom is 0.315 e. The molecule has 1 rings (SSSR count). The molecule has 3 nitrogen and oxygen atoms in total. The number of nitrogens with one attached hydrogen (secondary N) is 1. The molecule has 0 spiro atoms. The molecule has 88 valence electrons. The summed E-state index contributed by atoms with van der Waals surface area (Å²) in [7, 11) is 2.01. The minimum Gasteiger partial charge on any atom is -0.465 e. The van der Waals surface area contributed by atoms with Gasteiger partial charge in [-0.15, -0.1) is 11.8 Å². The van der Waals surface area contributed by atoms with Crippen LogP contribution >= 0.6 is 11.8 Å². The average molecular weight is 231 g/mol. The highest BCUT2D eigenvalue weighted by Gasteiger charge is 2.32. The molecule has 3 unspecified atom stereocenters. The summed E-state index contributed by atoms with van der Waals surface area (Å²) in [4.78, 5) is 11.2. The molecule has 1 N–H and O–H groups in total. The predicted molar refractivity (Wildman–Crippen MR) is 64.1 cm³/mol. The molecule has 0 aromatic rings. The summed E-state index contributed by atoms with van der Waals surface area (Å²) in [5.74, 6) is 1.07. The van der Waals surface area contributed by atoms with Crippen molar-refractivity contribution in [3.05, 3.63) is 0 Å². The molecular weight excluding hydrogens is 210 g/mol. The van der Waals surface area contributed by atoms with Crippen LogP contribution in [0, 0.1) is 5.92 Å². The molecule has 0 aromatic heterocycles. The molecule has 0 bridgehead atoms. The minimum atomic E-state index is -0.0809. The van der Waals surface area contributed by atoms with Crippen LogP contribution in [0.25, 0.3) is 0 Å². The van der Waals surface area contributed by atoms with Gasteiger partial charge in [-0.3, -0.25) is 4.79 Å². The number of hydrogen-bond acceptors (Lipinski definition) is 4. The lowest BCUT2D eigenvalue weighted by Gasteiger charge is -2.19. The second kappa shape index (κ2) is 6.38. The van der Waals surface area contributed by atoms with Gasteiger partial charge in [0.05, 0.1) is 12.4 Å². The Hall–Kier alpha value is -0.220. The van der Waals surface area contributed by atoms with E-state index in [-0.39, 0.29) is 5.97 Å². The minimum absolute atomic E-state index is 0.0809. The van der Waals surface area contributed by atoms with E-state index in [4.69, 9.17) is 4.74 Å². The number of rotatable bonds is 5. The average Bonchev–Trinajstić information content (AvgIpc) is 2.57. The summed E-state index contributed by atoms with van der Waals surface area (Å²) in [5, 5.41) is 3.93. The molecule has 3 atom stereocenters. The summed E-state index contributed by atoms with van der Waals surface area (Å²) in [5.41, 5.74) is 0. The van der Waals surface area contributed by atoms with Crippen molar-refractivity contribution in [3.63, 3.8) is 0 Å². The summed E-state index contributed by atoms with van der Waals surface area (Å²) in [6.45, 7) is 4.59. The number of ether oxygens (including phenoxy) is 1. The fraction of sp³-hybridized carbons (Fsp3) is 0.909. The highest BCUT2D eigenvalue weighted by molar-refractivity contribution is 8.00. The topological polar surface area (TPSA) is 38.3 Å². The predicted octanol–water partition coefficient (Wildman–Crippen LogP) is 1.67.